The van der Waals surface area contributed by atoms with E-state index in [1.807, 2.05) is 42.5 Å². The molecular weight excluding hydrogens is 336 g/mol. The molecule has 0 saturated carbocycles. The predicted octanol–water partition coefficient (Wildman–Crippen LogP) is 4.32. The van der Waals surface area contributed by atoms with E-state index in [2.05, 4.69) is 15.4 Å². The Labute approximate surface area is 149 Å². The van der Waals surface area contributed by atoms with E-state index in [-0.39, 0.29) is 5.91 Å². The summed E-state index contributed by atoms with van der Waals surface area (Å²) in [6.07, 6.45) is 1.67. The fourth-order valence-electron chi connectivity index (χ4n) is 2.73. The molecule has 25 heavy (non-hydrogen) atoms. The molecule has 1 amide bonds. The van der Waals surface area contributed by atoms with Gasteiger partial charge in [0.25, 0.3) is 5.91 Å². The number of carbonyl (C=O) groups excluding carboxylic acids is 1. The molecule has 0 radical (unpaired) electrons. The zero-order valence-electron chi connectivity index (χ0n) is 13.2. The number of nitrogens with zero attached hydrogens (tertiary/aromatic N) is 2. The van der Waals surface area contributed by atoms with Crippen LogP contribution in [0.25, 0.3) is 10.9 Å². The van der Waals surface area contributed by atoms with E-state index >= 15 is 0 Å². The minimum atomic E-state index is -0.220. The summed E-state index contributed by atoms with van der Waals surface area (Å²) >= 11 is 5.99. The largest absolute Gasteiger partial charge is 0.351 e. The Balaban J connectivity index is 1.55. The Bertz CT molecular complexity index is 1040. The van der Waals surface area contributed by atoms with Crippen LogP contribution in [-0.2, 0) is 6.54 Å². The SMILES string of the molecule is O=C(Nc1ccnn1Cc1ccccc1)c1cc2cc(Cl)ccc2[nH]1. The molecule has 6 heteroatoms. The fourth-order valence-corrected chi connectivity index (χ4v) is 2.91. The highest BCUT2D eigenvalue weighted by atomic mass is 35.5. The fraction of sp³-hybridized carbons (Fsp3) is 0.0526. The average molecular weight is 351 g/mol. The molecule has 2 heterocycles. The number of H-pyrrole nitrogens is 1. The highest BCUT2D eigenvalue weighted by Crippen LogP contribution is 2.21. The first-order valence-corrected chi connectivity index (χ1v) is 8.22. The third-order valence-electron chi connectivity index (χ3n) is 3.96. The summed E-state index contributed by atoms with van der Waals surface area (Å²) in [6.45, 7) is 0.589. The molecule has 0 unspecified atom stereocenters. The molecule has 5 nitrogen and oxygen atoms in total. The standard InChI is InChI=1S/C19H15ClN4O/c20-15-6-7-16-14(10-15)11-17(22-16)19(25)23-18-8-9-21-24(18)12-13-4-2-1-3-5-13/h1-11,22H,12H2,(H,23,25). The van der Waals surface area contributed by atoms with Crippen molar-refractivity contribution in [2.75, 3.05) is 5.32 Å². The maximum Gasteiger partial charge on any atom is 0.273 e. The van der Waals surface area contributed by atoms with Gasteiger partial charge in [0.05, 0.1) is 12.7 Å². The molecule has 0 aliphatic heterocycles. The molecule has 0 aliphatic carbocycles. The highest BCUT2D eigenvalue weighted by Gasteiger charge is 2.12. The lowest BCUT2D eigenvalue weighted by atomic mass is 10.2. The van der Waals surface area contributed by atoms with Gasteiger partial charge in [0.15, 0.2) is 0 Å². The summed E-state index contributed by atoms with van der Waals surface area (Å²) in [6, 6.07) is 19.0. The Morgan fingerprint density at radius 1 is 1.12 bits per heavy atom. The van der Waals surface area contributed by atoms with E-state index in [0.717, 1.165) is 16.5 Å². The van der Waals surface area contributed by atoms with E-state index in [4.69, 9.17) is 11.6 Å². The minimum Gasteiger partial charge on any atom is -0.351 e. The lowest BCUT2D eigenvalue weighted by Gasteiger charge is -2.08. The number of benzene rings is 2. The van der Waals surface area contributed by atoms with Crippen molar-refractivity contribution < 1.29 is 4.79 Å². The number of fused-ring (bicyclic) bond motifs is 1. The van der Waals surface area contributed by atoms with E-state index in [0.29, 0.717) is 23.1 Å². The van der Waals surface area contributed by atoms with Crippen LogP contribution >= 0.6 is 11.6 Å². The number of nitrogens with one attached hydrogen (secondary N) is 2. The van der Waals surface area contributed by atoms with Gasteiger partial charge in [-0.1, -0.05) is 41.9 Å². The number of amides is 1. The van der Waals surface area contributed by atoms with Crippen LogP contribution in [0.15, 0.2) is 66.9 Å². The second-order valence-corrected chi connectivity index (χ2v) is 6.16. The summed E-state index contributed by atoms with van der Waals surface area (Å²) < 4.78 is 1.76. The summed E-state index contributed by atoms with van der Waals surface area (Å²) in [5.41, 5.74) is 2.46. The summed E-state index contributed by atoms with van der Waals surface area (Å²) in [4.78, 5) is 15.7. The van der Waals surface area contributed by atoms with Crippen LogP contribution in [-0.4, -0.2) is 20.7 Å². The molecule has 124 valence electrons. The van der Waals surface area contributed by atoms with E-state index < -0.39 is 0 Å². The third-order valence-corrected chi connectivity index (χ3v) is 4.20. The molecule has 4 aromatic rings. The first-order chi connectivity index (χ1) is 12.2. The number of rotatable bonds is 4. The van der Waals surface area contributed by atoms with E-state index in [1.54, 1.807) is 29.1 Å². The minimum absolute atomic E-state index is 0.220. The van der Waals surface area contributed by atoms with Gasteiger partial charge in [-0.3, -0.25) is 4.79 Å². The molecule has 0 saturated heterocycles. The Hall–Kier alpha value is -3.05. The monoisotopic (exact) mass is 350 g/mol. The van der Waals surface area contributed by atoms with E-state index in [1.165, 1.54) is 0 Å². The molecule has 0 fully saturated rings. The molecular formula is C19H15ClN4O. The normalized spacial score (nSPS) is 10.9. The van der Waals surface area contributed by atoms with Crippen LogP contribution in [0.1, 0.15) is 16.1 Å². The number of carbonyl (C=O) groups is 1. The van der Waals surface area contributed by atoms with Crippen molar-refractivity contribution in [2.45, 2.75) is 6.54 Å². The number of hydrogen-bond donors (Lipinski definition) is 2. The van der Waals surface area contributed by atoms with Crippen LogP contribution < -0.4 is 5.32 Å². The van der Waals surface area contributed by atoms with Crippen molar-refractivity contribution in [1.29, 1.82) is 0 Å². The number of aromatic amines is 1. The van der Waals surface area contributed by atoms with Gasteiger partial charge in [-0.15, -0.1) is 0 Å². The number of aromatic nitrogens is 3. The molecule has 0 aliphatic rings. The Kier molecular flexibility index (Phi) is 3.99. The van der Waals surface area contributed by atoms with Crippen LogP contribution in [0.2, 0.25) is 5.02 Å². The first kappa shape index (κ1) is 15.5. The second-order valence-electron chi connectivity index (χ2n) is 5.73. The summed E-state index contributed by atoms with van der Waals surface area (Å²) in [5, 5.41) is 8.72. The van der Waals surface area contributed by atoms with Crippen molar-refractivity contribution in [3.05, 3.63) is 83.1 Å². The van der Waals surface area contributed by atoms with Gasteiger partial charge >= 0.3 is 0 Å². The molecule has 0 spiro atoms. The van der Waals surface area contributed by atoms with Crippen molar-refractivity contribution in [2.24, 2.45) is 0 Å². The Morgan fingerprint density at radius 3 is 2.80 bits per heavy atom. The topological polar surface area (TPSA) is 62.7 Å². The zero-order valence-corrected chi connectivity index (χ0v) is 14.0. The predicted molar refractivity (Wildman–Crippen MR) is 99.0 cm³/mol. The molecule has 0 bridgehead atoms. The number of anilines is 1. The van der Waals surface area contributed by atoms with Crippen molar-refractivity contribution in [3.8, 4) is 0 Å². The van der Waals surface area contributed by atoms with Crippen LogP contribution in [0.3, 0.4) is 0 Å². The molecule has 4 rings (SSSR count). The van der Waals surface area contributed by atoms with Gasteiger partial charge in [0.2, 0.25) is 0 Å². The van der Waals surface area contributed by atoms with Gasteiger partial charge in [-0.25, -0.2) is 4.68 Å². The molecule has 0 atom stereocenters. The zero-order chi connectivity index (χ0) is 17.2. The van der Waals surface area contributed by atoms with E-state index in [9.17, 15) is 4.79 Å². The molecule has 2 N–H and O–H groups in total. The van der Waals surface area contributed by atoms with Crippen LogP contribution in [0, 0.1) is 0 Å². The van der Waals surface area contributed by atoms with Crippen molar-refractivity contribution >= 4 is 34.2 Å². The maximum atomic E-state index is 12.6. The second kappa shape index (κ2) is 6.45. The lowest BCUT2D eigenvalue weighted by molar-refractivity contribution is 0.102. The number of hydrogen-bond acceptors (Lipinski definition) is 2. The first-order valence-electron chi connectivity index (χ1n) is 7.84. The maximum absolute atomic E-state index is 12.6. The quantitative estimate of drug-likeness (QED) is 0.575. The third kappa shape index (κ3) is 3.27. The molecule has 2 aromatic carbocycles. The van der Waals surface area contributed by atoms with Crippen molar-refractivity contribution in [3.63, 3.8) is 0 Å². The summed E-state index contributed by atoms with van der Waals surface area (Å²) in [5.74, 6) is 0.424. The smallest absolute Gasteiger partial charge is 0.273 e. The van der Waals surface area contributed by atoms with Gasteiger partial charge in [-0.05, 0) is 29.8 Å². The van der Waals surface area contributed by atoms with Gasteiger partial charge in [0, 0.05) is 22.0 Å². The molecule has 2 aromatic heterocycles. The summed E-state index contributed by atoms with van der Waals surface area (Å²) in [7, 11) is 0. The van der Waals surface area contributed by atoms with Crippen LogP contribution in [0.5, 0.6) is 0 Å². The average Bonchev–Trinajstić information content (AvgIpc) is 3.22. The van der Waals surface area contributed by atoms with Gasteiger partial charge in [0.1, 0.15) is 11.5 Å². The highest BCUT2D eigenvalue weighted by molar-refractivity contribution is 6.31. The Morgan fingerprint density at radius 2 is 1.96 bits per heavy atom. The lowest BCUT2D eigenvalue weighted by Crippen LogP contribution is -2.16. The van der Waals surface area contributed by atoms with Crippen LogP contribution in [0.4, 0.5) is 5.82 Å². The van der Waals surface area contributed by atoms with Gasteiger partial charge in [-0.2, -0.15) is 5.10 Å². The number of halogens is 1. The van der Waals surface area contributed by atoms with Gasteiger partial charge < -0.3 is 10.3 Å². The van der Waals surface area contributed by atoms with Crippen molar-refractivity contribution in [1.82, 2.24) is 14.8 Å².